The van der Waals surface area contributed by atoms with E-state index in [2.05, 4.69) is 0 Å². The average molecular weight is 395 g/mol. The molecule has 0 spiro atoms. The first-order valence-electron chi connectivity index (χ1n) is 9.55. The van der Waals surface area contributed by atoms with Crippen molar-refractivity contribution in [1.82, 2.24) is 4.90 Å². The van der Waals surface area contributed by atoms with Crippen LogP contribution in [0.25, 0.3) is 11.0 Å². The fourth-order valence-electron chi connectivity index (χ4n) is 4.00. The second-order valence-electron chi connectivity index (χ2n) is 7.55. The maximum absolute atomic E-state index is 12.5. The maximum atomic E-state index is 12.5. The lowest BCUT2D eigenvalue weighted by Gasteiger charge is -2.14. The summed E-state index contributed by atoms with van der Waals surface area (Å²) >= 11 is 0. The Labute approximate surface area is 166 Å². The van der Waals surface area contributed by atoms with Crippen LogP contribution in [0.1, 0.15) is 29.5 Å². The first-order chi connectivity index (χ1) is 13.9. The summed E-state index contributed by atoms with van der Waals surface area (Å²) in [6.45, 7) is 3.21. The fourth-order valence-corrected chi connectivity index (χ4v) is 4.00. The molecule has 7 nitrogen and oxygen atoms in total. The van der Waals surface area contributed by atoms with Gasteiger partial charge in [-0.15, -0.1) is 0 Å². The largest absolute Gasteiger partial charge is 0.459 e. The van der Waals surface area contributed by atoms with Gasteiger partial charge in [0, 0.05) is 17.0 Å². The predicted octanol–water partition coefficient (Wildman–Crippen LogP) is 2.40. The second-order valence-corrected chi connectivity index (χ2v) is 7.55. The smallest absolute Gasteiger partial charge is 0.336 e. The zero-order chi connectivity index (χ0) is 20.7. The molecule has 1 aliphatic carbocycles. The van der Waals surface area contributed by atoms with Gasteiger partial charge in [0.05, 0.1) is 11.8 Å². The Bertz CT molecular complexity index is 1090. The number of amides is 2. The minimum absolute atomic E-state index is 0.145. The van der Waals surface area contributed by atoms with E-state index in [1.807, 2.05) is 38.1 Å². The number of allylic oxidation sites excluding steroid dienone is 2. The van der Waals surface area contributed by atoms with Gasteiger partial charge < -0.3 is 9.15 Å². The van der Waals surface area contributed by atoms with E-state index in [-0.39, 0.29) is 30.3 Å². The van der Waals surface area contributed by atoms with Crippen LogP contribution in [0, 0.1) is 25.7 Å². The number of carbonyl (C=O) groups excluding carboxylic acids is 3. The Kier molecular flexibility index (Phi) is 4.82. The monoisotopic (exact) mass is 395 g/mol. The molecule has 2 aromatic rings. The van der Waals surface area contributed by atoms with Gasteiger partial charge in [0.2, 0.25) is 11.8 Å². The van der Waals surface area contributed by atoms with Crippen LogP contribution in [0.15, 0.2) is 39.6 Å². The molecule has 4 rings (SSSR count). The van der Waals surface area contributed by atoms with Gasteiger partial charge in [-0.05, 0) is 37.8 Å². The van der Waals surface area contributed by atoms with Crippen LogP contribution in [0.4, 0.5) is 0 Å². The Morgan fingerprint density at radius 2 is 1.76 bits per heavy atom. The summed E-state index contributed by atoms with van der Waals surface area (Å²) in [5.74, 6) is -2.09. The van der Waals surface area contributed by atoms with Gasteiger partial charge in [0.25, 0.3) is 0 Å². The number of likely N-dealkylation sites (tertiary alicyclic amines) is 1. The second kappa shape index (κ2) is 7.31. The predicted molar refractivity (Wildman–Crippen MR) is 104 cm³/mol. The normalized spacial score (nSPS) is 21.0. The molecular formula is C22H21NO6. The first-order valence-corrected chi connectivity index (χ1v) is 9.55. The summed E-state index contributed by atoms with van der Waals surface area (Å²) in [6, 6.07) is 5.01. The van der Waals surface area contributed by atoms with Gasteiger partial charge in [0.1, 0.15) is 18.7 Å². The molecule has 0 N–H and O–H groups in total. The minimum atomic E-state index is -0.691. The van der Waals surface area contributed by atoms with Crippen LogP contribution in [-0.2, 0) is 25.7 Å². The highest BCUT2D eigenvalue weighted by atomic mass is 16.5. The molecule has 7 heteroatoms. The number of benzene rings is 1. The van der Waals surface area contributed by atoms with Crippen molar-refractivity contribution in [2.75, 3.05) is 6.54 Å². The summed E-state index contributed by atoms with van der Waals surface area (Å²) in [7, 11) is 0. The molecule has 150 valence electrons. The Morgan fingerprint density at radius 1 is 1.10 bits per heavy atom. The fraction of sp³-hybridized carbons (Fsp3) is 0.364. The number of aryl methyl sites for hydroxylation is 2. The lowest BCUT2D eigenvalue weighted by Crippen LogP contribution is -2.36. The van der Waals surface area contributed by atoms with Crippen molar-refractivity contribution in [3.8, 4) is 0 Å². The first kappa shape index (κ1) is 19.1. The molecule has 1 aliphatic heterocycles. The van der Waals surface area contributed by atoms with Crippen LogP contribution in [0.3, 0.4) is 0 Å². The van der Waals surface area contributed by atoms with Gasteiger partial charge in [-0.3, -0.25) is 19.3 Å². The SMILES string of the molecule is Cc1ccc2c(COC(=O)CN3C(=O)[C@H]4CC=CC[C@H]4C3=O)cc(=O)oc2c1C. The quantitative estimate of drug-likeness (QED) is 0.342. The van der Waals surface area contributed by atoms with Crippen molar-refractivity contribution in [2.45, 2.75) is 33.3 Å². The average Bonchev–Trinajstić information content (AvgIpc) is 2.94. The van der Waals surface area contributed by atoms with Crippen LogP contribution >= 0.6 is 0 Å². The van der Waals surface area contributed by atoms with E-state index in [1.165, 1.54) is 6.07 Å². The lowest BCUT2D eigenvalue weighted by molar-refractivity contribution is -0.153. The highest BCUT2D eigenvalue weighted by Crippen LogP contribution is 2.35. The third-order valence-electron chi connectivity index (χ3n) is 5.79. The van der Waals surface area contributed by atoms with Crippen LogP contribution in [0.5, 0.6) is 0 Å². The van der Waals surface area contributed by atoms with Gasteiger partial charge >= 0.3 is 11.6 Å². The number of esters is 1. The molecule has 2 atom stereocenters. The summed E-state index contributed by atoms with van der Waals surface area (Å²) in [4.78, 5) is 50.1. The van der Waals surface area contributed by atoms with Gasteiger partial charge in [0.15, 0.2) is 0 Å². The number of rotatable bonds is 4. The van der Waals surface area contributed by atoms with Crippen LogP contribution < -0.4 is 5.63 Å². The van der Waals surface area contributed by atoms with Crippen molar-refractivity contribution in [1.29, 1.82) is 0 Å². The minimum Gasteiger partial charge on any atom is -0.459 e. The van der Waals surface area contributed by atoms with Crippen molar-refractivity contribution in [3.05, 3.63) is 57.5 Å². The zero-order valence-electron chi connectivity index (χ0n) is 16.3. The van der Waals surface area contributed by atoms with Crippen molar-refractivity contribution in [2.24, 2.45) is 11.8 Å². The molecule has 0 saturated carbocycles. The molecule has 1 fully saturated rings. The number of fused-ring (bicyclic) bond motifs is 2. The van der Waals surface area contributed by atoms with Gasteiger partial charge in [-0.25, -0.2) is 4.79 Å². The number of nitrogens with zero attached hydrogens (tertiary/aromatic N) is 1. The van der Waals surface area contributed by atoms with E-state index in [0.29, 0.717) is 29.4 Å². The van der Waals surface area contributed by atoms with E-state index in [4.69, 9.17) is 9.15 Å². The molecule has 29 heavy (non-hydrogen) atoms. The summed E-state index contributed by atoms with van der Waals surface area (Å²) in [6.07, 6.45) is 4.82. The summed E-state index contributed by atoms with van der Waals surface area (Å²) in [5.41, 5.74) is 2.28. The highest BCUT2D eigenvalue weighted by Gasteiger charge is 2.47. The topological polar surface area (TPSA) is 93.9 Å². The lowest BCUT2D eigenvalue weighted by atomic mass is 9.85. The number of hydrogen-bond acceptors (Lipinski definition) is 6. The van der Waals surface area contributed by atoms with E-state index >= 15 is 0 Å². The Balaban J connectivity index is 1.48. The molecule has 0 radical (unpaired) electrons. The van der Waals surface area contributed by atoms with E-state index < -0.39 is 18.1 Å². The van der Waals surface area contributed by atoms with Crippen molar-refractivity contribution < 1.29 is 23.5 Å². The standard InChI is InChI=1S/C22H21NO6/c1-12-7-8-15-14(9-18(24)29-20(15)13(12)2)11-28-19(25)10-23-21(26)16-5-3-4-6-17(16)22(23)27/h3-4,7-9,16-17H,5-6,10-11H2,1-2H3/t16-,17+. The third kappa shape index (κ3) is 3.37. The summed E-state index contributed by atoms with van der Waals surface area (Å²) in [5, 5.41) is 0.686. The molecule has 1 saturated heterocycles. The molecule has 0 unspecified atom stereocenters. The van der Waals surface area contributed by atoms with Crippen LogP contribution in [-0.4, -0.2) is 29.2 Å². The molecule has 2 amide bonds. The van der Waals surface area contributed by atoms with E-state index in [9.17, 15) is 19.2 Å². The van der Waals surface area contributed by atoms with Crippen molar-refractivity contribution in [3.63, 3.8) is 0 Å². The van der Waals surface area contributed by atoms with E-state index in [1.54, 1.807) is 0 Å². The molecule has 0 bridgehead atoms. The van der Waals surface area contributed by atoms with Gasteiger partial charge in [-0.2, -0.15) is 0 Å². The highest BCUT2D eigenvalue weighted by molar-refractivity contribution is 6.07. The van der Waals surface area contributed by atoms with E-state index in [0.717, 1.165) is 16.0 Å². The Hall–Kier alpha value is -3.22. The van der Waals surface area contributed by atoms with Gasteiger partial charge in [-0.1, -0.05) is 24.3 Å². The number of imide groups is 1. The number of hydrogen-bond donors (Lipinski definition) is 0. The molecule has 2 heterocycles. The maximum Gasteiger partial charge on any atom is 0.336 e. The number of ether oxygens (including phenoxy) is 1. The summed E-state index contributed by atoms with van der Waals surface area (Å²) < 4.78 is 10.6. The number of carbonyl (C=O) groups is 3. The Morgan fingerprint density at radius 3 is 2.41 bits per heavy atom. The van der Waals surface area contributed by atoms with Crippen molar-refractivity contribution >= 4 is 28.8 Å². The molecule has 1 aromatic heterocycles. The third-order valence-corrected chi connectivity index (χ3v) is 5.79. The molecular weight excluding hydrogens is 374 g/mol. The zero-order valence-corrected chi connectivity index (χ0v) is 16.3. The van der Waals surface area contributed by atoms with Crippen LogP contribution in [0.2, 0.25) is 0 Å². The molecule has 2 aliphatic rings. The molecule has 1 aromatic carbocycles.